The van der Waals surface area contributed by atoms with Gasteiger partial charge in [-0.2, -0.15) is 0 Å². The average Bonchev–Trinajstić information content (AvgIpc) is 2.17. The lowest BCUT2D eigenvalue weighted by Crippen LogP contribution is -1.96. The summed E-state index contributed by atoms with van der Waals surface area (Å²) in [6, 6.07) is 8.38. The first-order chi connectivity index (χ1) is 7.20. The minimum Gasteiger partial charge on any atom is -0.478 e. The topological polar surface area (TPSA) is 22.1 Å². The lowest BCUT2D eigenvalue weighted by atomic mass is 10.1. The van der Waals surface area contributed by atoms with E-state index in [0.717, 1.165) is 5.69 Å². The summed E-state index contributed by atoms with van der Waals surface area (Å²) in [7, 11) is 0. The second kappa shape index (κ2) is 3.89. The highest BCUT2D eigenvalue weighted by atomic mass is 16.5. The van der Waals surface area contributed by atoms with E-state index in [1.54, 1.807) is 0 Å². The molecule has 0 saturated carbocycles. The molecule has 0 saturated heterocycles. The number of ether oxygens (including phenoxy) is 1. The molecule has 1 aromatic carbocycles. The van der Waals surface area contributed by atoms with Gasteiger partial charge in [0.2, 0.25) is 5.88 Å². The van der Waals surface area contributed by atoms with Crippen LogP contribution in [-0.2, 0) is 0 Å². The Morgan fingerprint density at radius 2 is 2.00 bits per heavy atom. The van der Waals surface area contributed by atoms with Crippen LogP contribution in [0.15, 0.2) is 24.3 Å². The molecule has 0 spiro atoms. The number of benzene rings is 1. The van der Waals surface area contributed by atoms with E-state index in [9.17, 15) is 0 Å². The van der Waals surface area contributed by atoms with Crippen LogP contribution < -0.4 is 4.74 Å². The first-order valence-electron chi connectivity index (χ1n) is 5.21. The molecule has 0 atom stereocenters. The van der Waals surface area contributed by atoms with E-state index in [1.165, 1.54) is 16.3 Å². The zero-order chi connectivity index (χ0) is 10.8. The molecule has 0 bridgehead atoms. The lowest BCUT2D eigenvalue weighted by Gasteiger charge is -2.07. The van der Waals surface area contributed by atoms with Crippen molar-refractivity contribution in [2.24, 2.45) is 0 Å². The van der Waals surface area contributed by atoms with Gasteiger partial charge in [0.15, 0.2) is 0 Å². The molecule has 1 heterocycles. The maximum absolute atomic E-state index is 5.42. The number of hydrogen-bond donors (Lipinski definition) is 0. The largest absolute Gasteiger partial charge is 0.478 e. The van der Waals surface area contributed by atoms with Gasteiger partial charge >= 0.3 is 0 Å². The van der Waals surface area contributed by atoms with E-state index >= 15 is 0 Å². The highest BCUT2D eigenvalue weighted by Gasteiger charge is 2.02. The van der Waals surface area contributed by atoms with Crippen molar-refractivity contribution in [1.82, 2.24) is 4.98 Å². The van der Waals surface area contributed by atoms with Crippen molar-refractivity contribution in [3.8, 4) is 5.88 Å². The van der Waals surface area contributed by atoms with Gasteiger partial charge in [-0.3, -0.25) is 0 Å². The van der Waals surface area contributed by atoms with Crippen LogP contribution in [0, 0.1) is 13.8 Å². The second-order valence-corrected chi connectivity index (χ2v) is 3.70. The molecule has 0 aliphatic rings. The molecule has 1 aromatic heterocycles. The predicted molar refractivity (Wildman–Crippen MR) is 62.4 cm³/mol. The maximum Gasteiger partial charge on any atom is 0.214 e. The number of aromatic nitrogens is 1. The minimum absolute atomic E-state index is 0.657. The molecule has 0 N–H and O–H groups in total. The van der Waals surface area contributed by atoms with E-state index in [4.69, 9.17) is 4.74 Å². The van der Waals surface area contributed by atoms with Crippen LogP contribution in [-0.4, -0.2) is 11.6 Å². The molecule has 2 heteroatoms. The van der Waals surface area contributed by atoms with Crippen LogP contribution in [0.25, 0.3) is 10.8 Å². The Bertz CT molecular complexity index is 491. The fraction of sp³-hybridized carbons (Fsp3) is 0.308. The first kappa shape index (κ1) is 9.97. The second-order valence-electron chi connectivity index (χ2n) is 3.70. The number of pyridine rings is 1. The van der Waals surface area contributed by atoms with Crippen molar-refractivity contribution in [2.45, 2.75) is 20.8 Å². The molecule has 0 aliphatic carbocycles. The normalized spacial score (nSPS) is 10.6. The van der Waals surface area contributed by atoms with E-state index in [0.29, 0.717) is 12.5 Å². The third-order valence-electron chi connectivity index (χ3n) is 2.45. The summed E-state index contributed by atoms with van der Waals surface area (Å²) >= 11 is 0. The average molecular weight is 201 g/mol. The summed E-state index contributed by atoms with van der Waals surface area (Å²) in [5.41, 5.74) is 2.28. The fourth-order valence-corrected chi connectivity index (χ4v) is 1.74. The molecule has 0 aliphatic heterocycles. The third-order valence-corrected chi connectivity index (χ3v) is 2.45. The van der Waals surface area contributed by atoms with Crippen LogP contribution in [0.1, 0.15) is 18.2 Å². The third kappa shape index (κ3) is 1.94. The highest BCUT2D eigenvalue weighted by molar-refractivity contribution is 5.85. The summed E-state index contributed by atoms with van der Waals surface area (Å²) < 4.78 is 5.42. The van der Waals surface area contributed by atoms with Crippen LogP contribution in [0.4, 0.5) is 0 Å². The Hall–Kier alpha value is -1.57. The van der Waals surface area contributed by atoms with Crippen molar-refractivity contribution in [3.63, 3.8) is 0 Å². The molecule has 2 rings (SSSR count). The lowest BCUT2D eigenvalue weighted by molar-refractivity contribution is 0.327. The highest BCUT2D eigenvalue weighted by Crippen LogP contribution is 2.22. The van der Waals surface area contributed by atoms with Crippen LogP contribution >= 0.6 is 0 Å². The van der Waals surface area contributed by atoms with Crippen LogP contribution in [0.2, 0.25) is 0 Å². The van der Waals surface area contributed by atoms with Gasteiger partial charge in [-0.25, -0.2) is 4.98 Å². The Kier molecular flexibility index (Phi) is 2.58. The summed E-state index contributed by atoms with van der Waals surface area (Å²) in [6.07, 6.45) is 0. The van der Waals surface area contributed by atoms with E-state index in [2.05, 4.69) is 30.1 Å². The van der Waals surface area contributed by atoms with Gasteiger partial charge in [-0.05, 0) is 26.2 Å². The fourth-order valence-electron chi connectivity index (χ4n) is 1.74. The molecule has 2 aromatic rings. The summed E-state index contributed by atoms with van der Waals surface area (Å²) in [5.74, 6) is 0.716. The van der Waals surface area contributed by atoms with Gasteiger partial charge in [0.25, 0.3) is 0 Å². The van der Waals surface area contributed by atoms with E-state index in [-0.39, 0.29) is 0 Å². The van der Waals surface area contributed by atoms with Crippen molar-refractivity contribution in [2.75, 3.05) is 6.61 Å². The van der Waals surface area contributed by atoms with Crippen LogP contribution in [0.5, 0.6) is 5.88 Å². The standard InChI is InChI=1S/C13H15NO/c1-4-15-13-8-11-7-9(2)5-6-12(11)10(3)14-13/h5-8H,4H2,1-3H3. The van der Waals surface area contributed by atoms with Gasteiger partial charge in [0.1, 0.15) is 0 Å². The van der Waals surface area contributed by atoms with Gasteiger partial charge in [0, 0.05) is 17.1 Å². The van der Waals surface area contributed by atoms with Crippen molar-refractivity contribution < 1.29 is 4.74 Å². The molecule has 15 heavy (non-hydrogen) atoms. The van der Waals surface area contributed by atoms with E-state index < -0.39 is 0 Å². The van der Waals surface area contributed by atoms with Gasteiger partial charge in [0.05, 0.1) is 6.61 Å². The van der Waals surface area contributed by atoms with Crippen molar-refractivity contribution in [1.29, 1.82) is 0 Å². The number of rotatable bonds is 2. The monoisotopic (exact) mass is 201 g/mol. The molecule has 2 nitrogen and oxygen atoms in total. The van der Waals surface area contributed by atoms with Gasteiger partial charge in [-0.1, -0.05) is 23.8 Å². The maximum atomic E-state index is 5.42. The summed E-state index contributed by atoms with van der Waals surface area (Å²) in [5, 5.41) is 2.40. The molecule has 0 fully saturated rings. The summed E-state index contributed by atoms with van der Waals surface area (Å²) in [4.78, 5) is 4.40. The molecule has 78 valence electrons. The van der Waals surface area contributed by atoms with E-state index in [1.807, 2.05) is 19.9 Å². The quantitative estimate of drug-likeness (QED) is 0.744. The van der Waals surface area contributed by atoms with Crippen LogP contribution in [0.3, 0.4) is 0 Å². The molecular weight excluding hydrogens is 186 g/mol. The minimum atomic E-state index is 0.657. The van der Waals surface area contributed by atoms with Gasteiger partial charge in [-0.15, -0.1) is 0 Å². The predicted octanol–water partition coefficient (Wildman–Crippen LogP) is 3.25. The Labute approximate surface area is 89.9 Å². The first-order valence-corrected chi connectivity index (χ1v) is 5.21. The number of aryl methyl sites for hydroxylation is 2. The van der Waals surface area contributed by atoms with Crippen molar-refractivity contribution in [3.05, 3.63) is 35.5 Å². The Morgan fingerprint density at radius 3 is 2.73 bits per heavy atom. The molecule has 0 unspecified atom stereocenters. The zero-order valence-electron chi connectivity index (χ0n) is 9.37. The number of hydrogen-bond acceptors (Lipinski definition) is 2. The smallest absolute Gasteiger partial charge is 0.214 e. The number of fused-ring (bicyclic) bond motifs is 1. The SMILES string of the molecule is CCOc1cc2cc(C)ccc2c(C)n1. The van der Waals surface area contributed by atoms with Gasteiger partial charge < -0.3 is 4.74 Å². The molecule has 0 amide bonds. The number of nitrogens with zero attached hydrogens (tertiary/aromatic N) is 1. The Balaban J connectivity index is 2.63. The molecule has 0 radical (unpaired) electrons. The zero-order valence-corrected chi connectivity index (χ0v) is 9.37. The summed E-state index contributed by atoms with van der Waals surface area (Å²) in [6.45, 7) is 6.73. The van der Waals surface area contributed by atoms with Crippen molar-refractivity contribution >= 4 is 10.8 Å². The Morgan fingerprint density at radius 1 is 1.20 bits per heavy atom. The molecular formula is C13H15NO.